The molecule has 1 atom stereocenters. The van der Waals surface area contributed by atoms with Crippen molar-refractivity contribution in [2.24, 2.45) is 0 Å². The molecule has 20 heavy (non-hydrogen) atoms. The van der Waals surface area contributed by atoms with Crippen LogP contribution in [0.25, 0.3) is 10.8 Å². The summed E-state index contributed by atoms with van der Waals surface area (Å²) >= 11 is 3.54. The number of hydrogen-bond acceptors (Lipinski definition) is 2. The number of aryl methyl sites for hydroxylation is 1. The standard InChI is InChI=1S/C17H14BrNO/c1-11-5-6-15(16(18)9-11)17(20)14-4-2-3-12-10-19-8-7-13(12)14/h2-10,17,20H,1H3. The van der Waals surface area contributed by atoms with Crippen molar-refractivity contribution in [1.82, 2.24) is 4.98 Å². The predicted molar refractivity (Wildman–Crippen MR) is 84.7 cm³/mol. The lowest BCUT2D eigenvalue weighted by Gasteiger charge is -2.16. The van der Waals surface area contributed by atoms with Gasteiger partial charge in [0.05, 0.1) is 0 Å². The lowest BCUT2D eigenvalue weighted by Crippen LogP contribution is -2.02. The van der Waals surface area contributed by atoms with Crippen LogP contribution in [0.5, 0.6) is 0 Å². The van der Waals surface area contributed by atoms with Crippen LogP contribution in [0.3, 0.4) is 0 Å². The second-order valence-corrected chi connectivity index (χ2v) is 5.73. The minimum absolute atomic E-state index is 0.656. The Morgan fingerprint density at radius 1 is 1.10 bits per heavy atom. The van der Waals surface area contributed by atoms with Gasteiger partial charge in [0.25, 0.3) is 0 Å². The van der Waals surface area contributed by atoms with E-state index in [-0.39, 0.29) is 0 Å². The third kappa shape index (κ3) is 2.35. The molecule has 0 amide bonds. The minimum Gasteiger partial charge on any atom is -0.384 e. The molecular formula is C17H14BrNO. The maximum atomic E-state index is 10.7. The SMILES string of the molecule is Cc1ccc(C(O)c2cccc3cnccc23)c(Br)c1. The van der Waals surface area contributed by atoms with E-state index in [1.54, 1.807) is 6.20 Å². The first-order chi connectivity index (χ1) is 9.66. The average molecular weight is 328 g/mol. The molecule has 3 rings (SSSR count). The van der Waals surface area contributed by atoms with Gasteiger partial charge in [0.1, 0.15) is 6.10 Å². The number of aromatic nitrogens is 1. The van der Waals surface area contributed by atoms with Gasteiger partial charge in [-0.1, -0.05) is 46.3 Å². The number of aliphatic hydroxyl groups is 1. The summed E-state index contributed by atoms with van der Waals surface area (Å²) in [5.41, 5.74) is 2.93. The van der Waals surface area contributed by atoms with Crippen LogP contribution < -0.4 is 0 Å². The molecule has 2 nitrogen and oxygen atoms in total. The van der Waals surface area contributed by atoms with Crippen LogP contribution in [0.1, 0.15) is 22.8 Å². The zero-order chi connectivity index (χ0) is 14.1. The predicted octanol–water partition coefficient (Wildman–Crippen LogP) is 4.39. The van der Waals surface area contributed by atoms with Gasteiger partial charge in [0.2, 0.25) is 0 Å². The Morgan fingerprint density at radius 3 is 2.75 bits per heavy atom. The lowest BCUT2D eigenvalue weighted by molar-refractivity contribution is 0.221. The van der Waals surface area contributed by atoms with Crippen molar-refractivity contribution in [2.75, 3.05) is 0 Å². The topological polar surface area (TPSA) is 33.1 Å². The number of halogens is 1. The first-order valence-electron chi connectivity index (χ1n) is 6.43. The highest BCUT2D eigenvalue weighted by Gasteiger charge is 2.16. The Morgan fingerprint density at radius 2 is 1.95 bits per heavy atom. The molecule has 2 aromatic carbocycles. The zero-order valence-electron chi connectivity index (χ0n) is 11.0. The number of fused-ring (bicyclic) bond motifs is 1. The normalized spacial score (nSPS) is 12.6. The monoisotopic (exact) mass is 327 g/mol. The number of hydrogen-bond donors (Lipinski definition) is 1. The maximum absolute atomic E-state index is 10.7. The van der Waals surface area contributed by atoms with E-state index in [9.17, 15) is 5.11 Å². The molecule has 0 saturated carbocycles. The van der Waals surface area contributed by atoms with Crippen molar-refractivity contribution in [3.8, 4) is 0 Å². The molecule has 1 heterocycles. The van der Waals surface area contributed by atoms with Crippen molar-refractivity contribution in [2.45, 2.75) is 13.0 Å². The molecule has 3 aromatic rings. The molecular weight excluding hydrogens is 314 g/mol. The molecule has 100 valence electrons. The minimum atomic E-state index is -0.656. The third-order valence-corrected chi connectivity index (χ3v) is 4.15. The van der Waals surface area contributed by atoms with Gasteiger partial charge in [-0.25, -0.2) is 0 Å². The van der Waals surface area contributed by atoms with Crippen LogP contribution in [0.4, 0.5) is 0 Å². The second kappa shape index (κ2) is 5.35. The number of benzene rings is 2. The highest BCUT2D eigenvalue weighted by atomic mass is 79.9. The Bertz CT molecular complexity index is 765. The van der Waals surface area contributed by atoms with E-state index in [2.05, 4.69) is 20.9 Å². The first kappa shape index (κ1) is 13.3. The molecule has 3 heteroatoms. The summed E-state index contributed by atoms with van der Waals surface area (Å²) in [5.74, 6) is 0. The molecule has 0 saturated heterocycles. The molecule has 1 aromatic heterocycles. The van der Waals surface area contributed by atoms with E-state index in [1.165, 1.54) is 0 Å². The first-order valence-corrected chi connectivity index (χ1v) is 7.23. The van der Waals surface area contributed by atoms with Crippen LogP contribution in [0.2, 0.25) is 0 Å². The van der Waals surface area contributed by atoms with E-state index in [4.69, 9.17) is 0 Å². The molecule has 0 bridgehead atoms. The summed E-state index contributed by atoms with van der Waals surface area (Å²) in [7, 11) is 0. The summed E-state index contributed by atoms with van der Waals surface area (Å²) < 4.78 is 0.927. The Balaban J connectivity index is 2.15. The number of rotatable bonds is 2. The number of nitrogens with zero attached hydrogens (tertiary/aromatic N) is 1. The number of aliphatic hydroxyl groups excluding tert-OH is 1. The van der Waals surface area contributed by atoms with Crippen molar-refractivity contribution in [3.63, 3.8) is 0 Å². The van der Waals surface area contributed by atoms with Gasteiger partial charge in [-0.15, -0.1) is 0 Å². The molecule has 1 unspecified atom stereocenters. The Hall–Kier alpha value is -1.71. The molecule has 0 spiro atoms. The summed E-state index contributed by atoms with van der Waals surface area (Å²) in [6.07, 6.45) is 2.91. The van der Waals surface area contributed by atoms with Crippen LogP contribution in [0.15, 0.2) is 59.3 Å². The van der Waals surface area contributed by atoms with Crippen molar-refractivity contribution in [1.29, 1.82) is 0 Å². The van der Waals surface area contributed by atoms with Crippen LogP contribution in [-0.2, 0) is 0 Å². The second-order valence-electron chi connectivity index (χ2n) is 4.87. The largest absolute Gasteiger partial charge is 0.384 e. The number of pyridine rings is 1. The molecule has 0 aliphatic carbocycles. The van der Waals surface area contributed by atoms with Gasteiger partial charge < -0.3 is 5.11 Å². The third-order valence-electron chi connectivity index (χ3n) is 3.46. The van der Waals surface area contributed by atoms with Crippen LogP contribution >= 0.6 is 15.9 Å². The fourth-order valence-electron chi connectivity index (χ4n) is 2.41. The van der Waals surface area contributed by atoms with Crippen molar-refractivity contribution >= 4 is 26.7 Å². The van der Waals surface area contributed by atoms with E-state index < -0.39 is 6.10 Å². The van der Waals surface area contributed by atoms with E-state index in [1.807, 2.05) is 55.6 Å². The molecule has 0 aliphatic heterocycles. The highest BCUT2D eigenvalue weighted by Crippen LogP contribution is 2.32. The average Bonchev–Trinajstić information content (AvgIpc) is 2.46. The Kier molecular flexibility index (Phi) is 3.55. The summed E-state index contributed by atoms with van der Waals surface area (Å²) in [5, 5.41) is 12.8. The molecule has 0 radical (unpaired) electrons. The van der Waals surface area contributed by atoms with E-state index >= 15 is 0 Å². The molecule has 0 aliphatic rings. The van der Waals surface area contributed by atoms with E-state index in [0.717, 1.165) is 31.9 Å². The van der Waals surface area contributed by atoms with Gasteiger partial charge in [-0.3, -0.25) is 4.98 Å². The quantitative estimate of drug-likeness (QED) is 0.757. The van der Waals surface area contributed by atoms with Crippen LogP contribution in [0, 0.1) is 6.92 Å². The van der Waals surface area contributed by atoms with E-state index in [0.29, 0.717) is 0 Å². The summed E-state index contributed by atoms with van der Waals surface area (Å²) in [6.45, 7) is 2.03. The van der Waals surface area contributed by atoms with Gasteiger partial charge in [0.15, 0.2) is 0 Å². The fourth-order valence-corrected chi connectivity index (χ4v) is 3.12. The van der Waals surface area contributed by atoms with Crippen LogP contribution in [-0.4, -0.2) is 10.1 Å². The van der Waals surface area contributed by atoms with Gasteiger partial charge in [0, 0.05) is 22.3 Å². The van der Waals surface area contributed by atoms with Gasteiger partial charge in [-0.2, -0.15) is 0 Å². The Labute approximate surface area is 126 Å². The molecule has 0 fully saturated rings. The smallest absolute Gasteiger partial charge is 0.106 e. The summed E-state index contributed by atoms with van der Waals surface area (Å²) in [6, 6.07) is 13.8. The lowest BCUT2D eigenvalue weighted by atomic mass is 9.96. The molecule has 1 N–H and O–H groups in total. The zero-order valence-corrected chi connectivity index (χ0v) is 12.6. The van der Waals surface area contributed by atoms with Crippen molar-refractivity contribution in [3.05, 3.63) is 76.0 Å². The summed E-state index contributed by atoms with van der Waals surface area (Å²) in [4.78, 5) is 4.12. The fraction of sp³-hybridized carbons (Fsp3) is 0.118. The van der Waals surface area contributed by atoms with Gasteiger partial charge in [-0.05, 0) is 41.1 Å². The highest BCUT2D eigenvalue weighted by molar-refractivity contribution is 9.10. The maximum Gasteiger partial charge on any atom is 0.106 e. The van der Waals surface area contributed by atoms with Gasteiger partial charge >= 0.3 is 0 Å². The van der Waals surface area contributed by atoms with Crippen molar-refractivity contribution < 1.29 is 5.11 Å².